The molecule has 0 saturated carbocycles. The molecule has 2 aromatic carbocycles. The number of terminal acetylenes is 1. The van der Waals surface area contributed by atoms with Gasteiger partial charge in [0.15, 0.2) is 0 Å². The summed E-state index contributed by atoms with van der Waals surface area (Å²) in [7, 11) is -0.821. The molecule has 0 bridgehead atoms. The molecule has 4 nitrogen and oxygen atoms in total. The van der Waals surface area contributed by atoms with E-state index in [1.165, 1.54) is 0 Å². The molecule has 1 aliphatic rings. The van der Waals surface area contributed by atoms with Crippen molar-refractivity contribution in [3.05, 3.63) is 53.6 Å². The Morgan fingerprint density at radius 3 is 2.77 bits per heavy atom. The molecule has 0 radical (unpaired) electrons. The number of fused-ring (bicyclic) bond motifs is 1. The van der Waals surface area contributed by atoms with Gasteiger partial charge in [-0.15, -0.1) is 6.42 Å². The van der Waals surface area contributed by atoms with Crippen molar-refractivity contribution in [2.75, 3.05) is 6.54 Å². The average molecular weight is 293 g/mol. The quantitative estimate of drug-likeness (QED) is 0.497. The third kappa shape index (κ3) is 3.31. The molecule has 0 atom stereocenters. The Bertz CT molecular complexity index is 694. The van der Waals surface area contributed by atoms with Gasteiger partial charge in [0.1, 0.15) is 11.5 Å². The average Bonchev–Trinajstić information content (AvgIpc) is 2.90. The predicted molar refractivity (Wildman–Crippen MR) is 85.9 cm³/mol. The van der Waals surface area contributed by atoms with Crippen molar-refractivity contribution in [3.8, 4) is 23.8 Å². The minimum atomic E-state index is -0.821. The van der Waals surface area contributed by atoms with E-state index in [0.717, 1.165) is 34.6 Å². The molecule has 0 amide bonds. The third-order valence-electron chi connectivity index (χ3n) is 3.49. The highest BCUT2D eigenvalue weighted by Crippen LogP contribution is 2.24. The zero-order valence-electron chi connectivity index (χ0n) is 12.1. The van der Waals surface area contributed by atoms with Gasteiger partial charge in [-0.1, -0.05) is 24.1 Å². The highest BCUT2D eigenvalue weighted by Gasteiger charge is 2.27. The van der Waals surface area contributed by atoms with Crippen molar-refractivity contribution in [1.82, 2.24) is 5.32 Å². The van der Waals surface area contributed by atoms with Gasteiger partial charge in [-0.25, -0.2) is 0 Å². The molecule has 0 saturated heterocycles. The summed E-state index contributed by atoms with van der Waals surface area (Å²) in [6, 6.07) is 13.4. The lowest BCUT2D eigenvalue weighted by atomic mass is 9.80. The van der Waals surface area contributed by atoms with Crippen molar-refractivity contribution in [2.24, 2.45) is 0 Å². The predicted octanol–water partition coefficient (Wildman–Crippen LogP) is 1.42. The molecular weight excluding hydrogens is 277 g/mol. The summed E-state index contributed by atoms with van der Waals surface area (Å²) in [5, 5.41) is 12.7. The Labute approximate surface area is 130 Å². The highest BCUT2D eigenvalue weighted by atomic mass is 16.5. The summed E-state index contributed by atoms with van der Waals surface area (Å²) in [5.41, 5.74) is 2.91. The van der Waals surface area contributed by atoms with Crippen LogP contribution in [0.3, 0.4) is 0 Å². The zero-order valence-corrected chi connectivity index (χ0v) is 12.1. The topological polar surface area (TPSA) is 50.7 Å². The largest absolute Gasteiger partial charge is 0.491 e. The van der Waals surface area contributed by atoms with Crippen LogP contribution in [0.5, 0.6) is 11.5 Å². The first kappa shape index (κ1) is 14.7. The zero-order chi connectivity index (χ0) is 15.4. The number of rotatable bonds is 5. The minimum Gasteiger partial charge on any atom is -0.457 e. The second-order valence-corrected chi connectivity index (χ2v) is 5.08. The van der Waals surface area contributed by atoms with E-state index in [-0.39, 0.29) is 0 Å². The van der Waals surface area contributed by atoms with Crippen molar-refractivity contribution < 1.29 is 14.4 Å². The van der Waals surface area contributed by atoms with Gasteiger partial charge in [0.05, 0.1) is 13.2 Å². The molecule has 110 valence electrons. The van der Waals surface area contributed by atoms with E-state index in [0.29, 0.717) is 13.2 Å². The number of nitrogens with one attached hydrogen (secondary N) is 1. The second-order valence-electron chi connectivity index (χ2n) is 5.08. The second kappa shape index (κ2) is 6.67. The van der Waals surface area contributed by atoms with Gasteiger partial charge in [-0.05, 0) is 40.9 Å². The molecule has 0 aromatic heterocycles. The fraction of sp³-hybridized carbons (Fsp3) is 0.176. The third-order valence-corrected chi connectivity index (χ3v) is 3.49. The van der Waals surface area contributed by atoms with Crippen LogP contribution in [-0.4, -0.2) is 18.7 Å². The van der Waals surface area contributed by atoms with Gasteiger partial charge in [0, 0.05) is 6.54 Å². The van der Waals surface area contributed by atoms with Crippen LogP contribution in [0.15, 0.2) is 42.5 Å². The molecule has 0 spiro atoms. The van der Waals surface area contributed by atoms with Crippen molar-refractivity contribution >= 4 is 12.6 Å². The van der Waals surface area contributed by atoms with Crippen molar-refractivity contribution in [2.45, 2.75) is 13.2 Å². The van der Waals surface area contributed by atoms with Crippen LogP contribution in [0.1, 0.15) is 11.1 Å². The lowest BCUT2D eigenvalue weighted by Crippen LogP contribution is -2.27. The molecule has 3 rings (SSSR count). The summed E-state index contributed by atoms with van der Waals surface area (Å²) in [5.74, 6) is 4.04. The summed E-state index contributed by atoms with van der Waals surface area (Å²) in [4.78, 5) is 0. The van der Waals surface area contributed by atoms with Crippen molar-refractivity contribution in [1.29, 1.82) is 0 Å². The molecule has 0 aliphatic carbocycles. The van der Waals surface area contributed by atoms with Crippen LogP contribution in [0.25, 0.3) is 0 Å². The number of ether oxygens (including phenoxy) is 1. The first-order valence-electron chi connectivity index (χ1n) is 7.10. The normalized spacial score (nSPS) is 12.8. The first-order chi connectivity index (χ1) is 10.8. The van der Waals surface area contributed by atoms with E-state index in [1.54, 1.807) is 0 Å². The maximum atomic E-state index is 9.60. The van der Waals surface area contributed by atoms with E-state index in [2.05, 4.69) is 11.2 Å². The fourth-order valence-electron chi connectivity index (χ4n) is 2.36. The Morgan fingerprint density at radius 2 is 2.00 bits per heavy atom. The molecule has 5 heteroatoms. The van der Waals surface area contributed by atoms with E-state index in [9.17, 15) is 5.02 Å². The monoisotopic (exact) mass is 293 g/mol. The molecule has 0 fully saturated rings. The Kier molecular flexibility index (Phi) is 4.45. The summed E-state index contributed by atoms with van der Waals surface area (Å²) >= 11 is 0. The van der Waals surface area contributed by atoms with Crippen LogP contribution < -0.4 is 15.5 Å². The van der Waals surface area contributed by atoms with Crippen LogP contribution >= 0.6 is 0 Å². The fourth-order valence-corrected chi connectivity index (χ4v) is 2.36. The molecule has 22 heavy (non-hydrogen) atoms. The smallest absolute Gasteiger partial charge is 0.457 e. The molecule has 2 N–H and O–H groups in total. The van der Waals surface area contributed by atoms with Gasteiger partial charge in [-0.3, -0.25) is 0 Å². The lowest BCUT2D eigenvalue weighted by molar-refractivity contribution is 0.275. The van der Waals surface area contributed by atoms with E-state index < -0.39 is 7.12 Å². The molecule has 0 unspecified atom stereocenters. The van der Waals surface area contributed by atoms with Crippen LogP contribution in [-0.2, 0) is 17.8 Å². The number of hydrogen-bond donors (Lipinski definition) is 2. The Morgan fingerprint density at radius 1 is 1.23 bits per heavy atom. The Hall–Kier alpha value is -2.26. The standard InChI is InChI=1S/C17H16BNO3/c1-2-9-19-11-13-3-5-15(6-4-13)22-16-7-8-17-14(10-16)12-21-18(17)20/h1,3-8,10,19-20H,9,11-12H2. The van der Waals surface area contributed by atoms with Gasteiger partial charge >= 0.3 is 7.12 Å². The minimum absolute atomic E-state index is 0.410. The molecule has 1 heterocycles. The van der Waals surface area contributed by atoms with Crippen LogP contribution in [0.2, 0.25) is 0 Å². The van der Waals surface area contributed by atoms with Gasteiger partial charge in [0.25, 0.3) is 0 Å². The molecule has 1 aliphatic heterocycles. The lowest BCUT2D eigenvalue weighted by Gasteiger charge is -2.08. The number of hydrogen-bond acceptors (Lipinski definition) is 4. The Balaban J connectivity index is 1.65. The van der Waals surface area contributed by atoms with Crippen LogP contribution in [0.4, 0.5) is 0 Å². The van der Waals surface area contributed by atoms with Gasteiger partial charge in [-0.2, -0.15) is 0 Å². The summed E-state index contributed by atoms with van der Waals surface area (Å²) in [6.45, 7) is 1.70. The summed E-state index contributed by atoms with van der Waals surface area (Å²) in [6.07, 6.45) is 5.19. The number of benzene rings is 2. The van der Waals surface area contributed by atoms with Crippen LogP contribution in [0, 0.1) is 12.3 Å². The SMILES string of the molecule is C#CCNCc1ccc(Oc2ccc3c(c2)COB3O)cc1. The van der Waals surface area contributed by atoms with Crippen molar-refractivity contribution in [3.63, 3.8) is 0 Å². The van der Waals surface area contributed by atoms with Gasteiger partial charge in [0.2, 0.25) is 0 Å². The molecule has 2 aromatic rings. The maximum absolute atomic E-state index is 9.60. The molecular formula is C17H16BNO3. The van der Waals surface area contributed by atoms with E-state index >= 15 is 0 Å². The first-order valence-corrected chi connectivity index (χ1v) is 7.10. The summed E-state index contributed by atoms with van der Waals surface area (Å²) < 4.78 is 11.0. The van der Waals surface area contributed by atoms with E-state index in [1.807, 2.05) is 42.5 Å². The highest BCUT2D eigenvalue weighted by molar-refractivity contribution is 6.61. The van der Waals surface area contributed by atoms with E-state index in [4.69, 9.17) is 15.8 Å². The van der Waals surface area contributed by atoms with Gasteiger partial charge < -0.3 is 19.7 Å². The maximum Gasteiger partial charge on any atom is 0.491 e.